The van der Waals surface area contributed by atoms with Crippen LogP contribution < -0.4 is 14.8 Å². The highest BCUT2D eigenvalue weighted by Crippen LogP contribution is 2.31. The normalized spacial score (nSPS) is 12.0. The molecule has 2 aromatic rings. The van der Waals surface area contributed by atoms with Crippen LogP contribution >= 0.6 is 11.6 Å². The predicted molar refractivity (Wildman–Crippen MR) is 96.0 cm³/mol. The topological polar surface area (TPSA) is 47.6 Å². The number of benzene rings is 2. The first-order valence-electron chi connectivity index (χ1n) is 7.92. The van der Waals surface area contributed by atoms with Gasteiger partial charge in [0.2, 0.25) is 0 Å². The number of ether oxygens (including phenoxy) is 2. The number of carbonyl (C=O) groups is 1. The van der Waals surface area contributed by atoms with Gasteiger partial charge in [-0.05, 0) is 56.7 Å². The molecule has 2 aromatic carbocycles. The number of carbonyl (C=O) groups excluding carboxylic acids is 1. The van der Waals surface area contributed by atoms with Gasteiger partial charge in [-0.2, -0.15) is 0 Å². The molecule has 0 spiro atoms. The van der Waals surface area contributed by atoms with Gasteiger partial charge < -0.3 is 14.8 Å². The average molecular weight is 366 g/mol. The van der Waals surface area contributed by atoms with Crippen molar-refractivity contribution in [2.75, 3.05) is 7.11 Å². The summed E-state index contributed by atoms with van der Waals surface area (Å²) in [7, 11) is 1.55. The molecule has 1 atom stereocenters. The van der Waals surface area contributed by atoms with E-state index in [-0.39, 0.29) is 17.7 Å². The van der Waals surface area contributed by atoms with Gasteiger partial charge in [0.1, 0.15) is 5.82 Å². The highest BCUT2D eigenvalue weighted by molar-refractivity contribution is 6.31. The predicted octanol–water partition coefficient (Wildman–Crippen LogP) is 4.77. The van der Waals surface area contributed by atoms with Crippen molar-refractivity contribution in [2.24, 2.45) is 0 Å². The average Bonchev–Trinajstić information content (AvgIpc) is 2.56. The fourth-order valence-corrected chi connectivity index (χ4v) is 2.51. The minimum absolute atomic E-state index is 0.0164. The van der Waals surface area contributed by atoms with Crippen molar-refractivity contribution in [1.29, 1.82) is 0 Å². The molecule has 6 heteroatoms. The van der Waals surface area contributed by atoms with E-state index in [2.05, 4.69) is 5.32 Å². The first-order valence-corrected chi connectivity index (χ1v) is 8.30. The molecule has 0 fully saturated rings. The molecule has 0 bridgehead atoms. The Balaban J connectivity index is 2.18. The second-order valence-electron chi connectivity index (χ2n) is 5.90. The van der Waals surface area contributed by atoms with Crippen LogP contribution in [0, 0.1) is 5.82 Å². The first-order chi connectivity index (χ1) is 11.8. The third-order valence-corrected chi connectivity index (χ3v) is 3.81. The van der Waals surface area contributed by atoms with Gasteiger partial charge in [-0.3, -0.25) is 4.79 Å². The van der Waals surface area contributed by atoms with Gasteiger partial charge in [0, 0.05) is 5.02 Å². The van der Waals surface area contributed by atoms with Crippen LogP contribution in [0.5, 0.6) is 11.5 Å². The van der Waals surface area contributed by atoms with Crippen molar-refractivity contribution in [3.63, 3.8) is 0 Å². The third-order valence-electron chi connectivity index (χ3n) is 3.57. The first kappa shape index (κ1) is 19.1. The highest BCUT2D eigenvalue weighted by Gasteiger charge is 2.17. The van der Waals surface area contributed by atoms with Crippen molar-refractivity contribution in [2.45, 2.75) is 32.9 Å². The number of hydrogen-bond donors (Lipinski definition) is 1. The summed E-state index contributed by atoms with van der Waals surface area (Å²) in [5.41, 5.74) is 0.717. The van der Waals surface area contributed by atoms with E-state index in [0.717, 1.165) is 5.56 Å². The molecule has 0 aromatic heterocycles. The number of amides is 1. The molecule has 0 heterocycles. The minimum Gasteiger partial charge on any atom is -0.493 e. The maximum atomic E-state index is 13.8. The molecule has 1 unspecified atom stereocenters. The zero-order valence-corrected chi connectivity index (χ0v) is 15.4. The van der Waals surface area contributed by atoms with E-state index in [4.69, 9.17) is 21.1 Å². The lowest BCUT2D eigenvalue weighted by Crippen LogP contribution is -2.27. The Morgan fingerprint density at radius 2 is 1.84 bits per heavy atom. The van der Waals surface area contributed by atoms with Crippen LogP contribution in [0.25, 0.3) is 0 Å². The number of nitrogens with one attached hydrogen (secondary N) is 1. The van der Waals surface area contributed by atoms with Crippen LogP contribution in [0.4, 0.5) is 4.39 Å². The van der Waals surface area contributed by atoms with Crippen molar-refractivity contribution in [3.05, 3.63) is 58.4 Å². The maximum absolute atomic E-state index is 13.8. The molecule has 1 N–H and O–H groups in total. The van der Waals surface area contributed by atoms with Gasteiger partial charge in [0.05, 0.1) is 24.8 Å². The summed E-state index contributed by atoms with van der Waals surface area (Å²) < 4.78 is 24.8. The van der Waals surface area contributed by atoms with Crippen LogP contribution in [0.15, 0.2) is 36.4 Å². The van der Waals surface area contributed by atoms with E-state index < -0.39 is 11.7 Å². The molecule has 1 amide bonds. The highest BCUT2D eigenvalue weighted by atomic mass is 35.5. The zero-order valence-electron chi connectivity index (χ0n) is 14.6. The molecule has 2 rings (SSSR count). The molecule has 0 aliphatic heterocycles. The molecular weight excluding hydrogens is 345 g/mol. The number of halogens is 2. The van der Waals surface area contributed by atoms with Gasteiger partial charge in [0.25, 0.3) is 5.91 Å². The minimum atomic E-state index is -0.618. The van der Waals surface area contributed by atoms with E-state index in [0.29, 0.717) is 16.5 Å². The summed E-state index contributed by atoms with van der Waals surface area (Å²) in [6.45, 7) is 5.66. The molecule has 0 saturated heterocycles. The Hall–Kier alpha value is -2.27. The van der Waals surface area contributed by atoms with E-state index in [1.807, 2.05) is 19.9 Å². The summed E-state index contributed by atoms with van der Waals surface area (Å²) in [4.78, 5) is 12.3. The van der Waals surface area contributed by atoms with Gasteiger partial charge in [-0.1, -0.05) is 17.7 Å². The summed E-state index contributed by atoms with van der Waals surface area (Å²) >= 11 is 5.84. The van der Waals surface area contributed by atoms with Crippen molar-refractivity contribution in [1.82, 2.24) is 5.32 Å². The van der Waals surface area contributed by atoms with Gasteiger partial charge in [-0.15, -0.1) is 0 Å². The Kier molecular flexibility index (Phi) is 6.26. The monoisotopic (exact) mass is 365 g/mol. The summed E-state index contributed by atoms with van der Waals surface area (Å²) in [6.07, 6.45) is 0.0164. The SMILES string of the molecule is COc1cc(C(C)NC(=O)c2cc(Cl)ccc2F)ccc1OC(C)C. The van der Waals surface area contributed by atoms with Crippen molar-refractivity contribution >= 4 is 17.5 Å². The Morgan fingerprint density at radius 3 is 2.48 bits per heavy atom. The zero-order chi connectivity index (χ0) is 18.6. The van der Waals surface area contributed by atoms with Crippen molar-refractivity contribution in [3.8, 4) is 11.5 Å². The van der Waals surface area contributed by atoms with E-state index in [1.54, 1.807) is 26.2 Å². The quantitative estimate of drug-likeness (QED) is 0.802. The second-order valence-corrected chi connectivity index (χ2v) is 6.33. The summed E-state index contributed by atoms with van der Waals surface area (Å²) in [5, 5.41) is 3.06. The maximum Gasteiger partial charge on any atom is 0.254 e. The molecule has 4 nitrogen and oxygen atoms in total. The van der Waals surface area contributed by atoms with Crippen LogP contribution in [-0.4, -0.2) is 19.1 Å². The molecule has 134 valence electrons. The van der Waals surface area contributed by atoms with Crippen LogP contribution in [-0.2, 0) is 0 Å². The Bertz CT molecular complexity index is 764. The largest absolute Gasteiger partial charge is 0.493 e. The summed E-state index contributed by atoms with van der Waals surface area (Å²) in [6, 6.07) is 8.93. The van der Waals surface area contributed by atoms with E-state index in [9.17, 15) is 9.18 Å². The molecule has 0 saturated carbocycles. The lowest BCUT2D eigenvalue weighted by Gasteiger charge is -2.18. The van der Waals surface area contributed by atoms with Gasteiger partial charge in [0.15, 0.2) is 11.5 Å². The molecular formula is C19H21ClFNO3. The Labute approximate surface area is 151 Å². The Morgan fingerprint density at radius 1 is 1.12 bits per heavy atom. The lowest BCUT2D eigenvalue weighted by molar-refractivity contribution is 0.0935. The summed E-state index contributed by atoms with van der Waals surface area (Å²) in [5.74, 6) is 0.0447. The van der Waals surface area contributed by atoms with E-state index >= 15 is 0 Å². The van der Waals surface area contributed by atoms with Crippen LogP contribution in [0.3, 0.4) is 0 Å². The number of hydrogen-bond acceptors (Lipinski definition) is 3. The molecule has 25 heavy (non-hydrogen) atoms. The smallest absolute Gasteiger partial charge is 0.254 e. The fraction of sp³-hybridized carbons (Fsp3) is 0.316. The fourth-order valence-electron chi connectivity index (χ4n) is 2.33. The van der Waals surface area contributed by atoms with Crippen molar-refractivity contribution < 1.29 is 18.7 Å². The van der Waals surface area contributed by atoms with Gasteiger partial charge in [-0.25, -0.2) is 4.39 Å². The molecule has 0 aliphatic carbocycles. The third kappa shape index (κ3) is 4.86. The van der Waals surface area contributed by atoms with Gasteiger partial charge >= 0.3 is 0 Å². The number of rotatable bonds is 6. The van der Waals surface area contributed by atoms with Crippen LogP contribution in [0.1, 0.15) is 42.7 Å². The standard InChI is InChI=1S/C19H21ClFNO3/c1-11(2)25-17-8-5-13(9-18(17)24-4)12(3)22-19(23)15-10-14(20)6-7-16(15)21/h5-12H,1-4H3,(H,22,23). The molecule has 0 radical (unpaired) electrons. The lowest BCUT2D eigenvalue weighted by atomic mass is 10.1. The van der Waals surface area contributed by atoms with Crippen LogP contribution in [0.2, 0.25) is 5.02 Å². The molecule has 0 aliphatic rings. The number of methoxy groups -OCH3 is 1. The van der Waals surface area contributed by atoms with E-state index in [1.165, 1.54) is 18.2 Å². The second kappa shape index (κ2) is 8.21.